The fraction of sp³-hybridized carbons (Fsp3) is 0.538. The molecule has 29 heteroatoms. The summed E-state index contributed by atoms with van der Waals surface area (Å²) in [5.74, 6) is 1.46. The molecule has 135 heavy (non-hydrogen) atoms. The predicted octanol–water partition coefficient (Wildman–Crippen LogP) is 15.8. The van der Waals surface area contributed by atoms with Gasteiger partial charge in [0.1, 0.15) is 34.6 Å². The molecule has 2 aliphatic heterocycles. The number of rotatable bonds is 45. The first-order valence-corrected chi connectivity index (χ1v) is 49.0. The lowest BCUT2D eigenvalue weighted by molar-refractivity contribution is -0.146. The number of hydrogen-bond acceptors (Lipinski definition) is 19. The summed E-state index contributed by atoms with van der Waals surface area (Å²) in [5.41, 5.74) is 17.1. The number of aromatic nitrogens is 10. The summed E-state index contributed by atoms with van der Waals surface area (Å²) in [7, 11) is 5.84. The van der Waals surface area contributed by atoms with Gasteiger partial charge in [0.2, 0.25) is 35.4 Å². The summed E-state index contributed by atoms with van der Waals surface area (Å²) in [6.45, 7) is 42.2. The van der Waals surface area contributed by atoms with Gasteiger partial charge in [-0.3, -0.25) is 42.9 Å². The lowest BCUT2D eigenvalue weighted by Crippen LogP contribution is -2.50. The van der Waals surface area contributed by atoms with Crippen LogP contribution in [0.15, 0.2) is 122 Å². The van der Waals surface area contributed by atoms with Crippen LogP contribution in [0.2, 0.25) is 0 Å². The maximum atomic E-state index is 14.3. The average molecular weight is 1850 g/mol. The Morgan fingerprint density at radius 3 is 1.25 bits per heavy atom. The van der Waals surface area contributed by atoms with Gasteiger partial charge >= 0.3 is 0 Å². The molecule has 6 aromatic carbocycles. The molecular formula is C106H148N20O9. The third-order valence-electron chi connectivity index (χ3n) is 25.5. The van der Waals surface area contributed by atoms with E-state index in [4.69, 9.17) is 19.4 Å². The van der Waals surface area contributed by atoms with Crippen molar-refractivity contribution < 1.29 is 43.0 Å². The molecule has 726 valence electrons. The summed E-state index contributed by atoms with van der Waals surface area (Å²) in [4.78, 5) is 129. The van der Waals surface area contributed by atoms with Crippen LogP contribution >= 0.6 is 0 Å². The summed E-state index contributed by atoms with van der Waals surface area (Å²) in [6.07, 6.45) is 10.6. The Kier molecular flexibility index (Phi) is 35.2. The van der Waals surface area contributed by atoms with Crippen molar-refractivity contribution in [3.8, 4) is 56.5 Å². The van der Waals surface area contributed by atoms with Crippen LogP contribution in [0.5, 0.6) is 11.5 Å². The lowest BCUT2D eigenvalue weighted by atomic mass is 9.78. The molecule has 0 atom stereocenters. The molecule has 0 radical (unpaired) electrons. The number of benzene rings is 6. The van der Waals surface area contributed by atoms with Crippen molar-refractivity contribution in [2.75, 3.05) is 149 Å². The van der Waals surface area contributed by atoms with Crippen LogP contribution in [0.4, 0.5) is 11.4 Å². The van der Waals surface area contributed by atoms with Gasteiger partial charge in [0.15, 0.2) is 0 Å². The second kappa shape index (κ2) is 46.6. The third kappa shape index (κ3) is 28.4. The van der Waals surface area contributed by atoms with E-state index in [0.717, 1.165) is 165 Å². The standard InChI is InChI=1S/C106H148N20O9/c1-19-46-121(95(130)32-24-28-80-68-125(115-113-80)49-23-22-29-84(127)30-25-59-134-99-85(103(4,5)6)61-78(62-86(99)104(7,8)9)101-109-89-43-37-76(65-91(89)111-101)74-33-39-82(40-34-74)119-55-51-117(17)52-56-119)71-96(131)122(47-20-2)72-97(132)123(48-21-3)73-98(133)124(70-94(129)107-16)67-81-69-126(116-114-81)50-27-45-108-93(128)31-26-60-135-100-87(105(10,11)12)63-79(64-88(100)106(13,14)15)102-110-90-44-38-77(66-92(90)112-102)75-35-41-83(42-36-75)120-57-53-118(18)54-58-120/h33-44,61-66,68-69H,19-32,45-60,67,70-73H2,1-18H3,(H,107,129)(H,108,128)(H,109,111)(H,110,112). The van der Waals surface area contributed by atoms with E-state index in [1.54, 1.807) is 20.5 Å². The highest BCUT2D eigenvalue weighted by Crippen LogP contribution is 2.46. The number of nitrogens with zero attached hydrogens (tertiary/aromatic N) is 16. The van der Waals surface area contributed by atoms with Crippen LogP contribution in [0.25, 0.3) is 67.1 Å². The van der Waals surface area contributed by atoms with E-state index in [2.05, 4.69) is 267 Å². The zero-order chi connectivity index (χ0) is 96.9. The fourth-order valence-electron chi connectivity index (χ4n) is 17.5. The van der Waals surface area contributed by atoms with Gasteiger partial charge in [-0.15, -0.1) is 10.2 Å². The van der Waals surface area contributed by atoms with E-state index in [1.165, 1.54) is 33.1 Å². The molecule has 2 aliphatic rings. The number of aromatic amines is 2. The maximum absolute atomic E-state index is 14.3. The number of carbonyl (C=O) groups excluding carboxylic acids is 7. The van der Waals surface area contributed by atoms with Gasteiger partial charge in [0, 0.05) is 175 Å². The molecule has 4 N–H and O–H groups in total. The van der Waals surface area contributed by atoms with Gasteiger partial charge in [0.25, 0.3) is 0 Å². The minimum absolute atomic E-state index is 0.0691. The largest absolute Gasteiger partial charge is 0.493 e. The Hall–Kier alpha value is -11.9. The zero-order valence-electron chi connectivity index (χ0n) is 83.6. The van der Waals surface area contributed by atoms with E-state index in [-0.39, 0.29) is 104 Å². The van der Waals surface area contributed by atoms with Crippen LogP contribution in [0.3, 0.4) is 0 Å². The number of hydrogen-bond donors (Lipinski definition) is 4. The summed E-state index contributed by atoms with van der Waals surface area (Å²) < 4.78 is 16.9. The lowest BCUT2D eigenvalue weighted by Gasteiger charge is -2.34. The van der Waals surface area contributed by atoms with E-state index >= 15 is 0 Å². The number of Topliss-reactive ketones (excluding diaryl/α,β-unsaturated/α-hetero) is 1. The van der Waals surface area contributed by atoms with Crippen LogP contribution in [-0.2, 0) is 81.3 Å². The molecule has 6 heterocycles. The molecule has 0 bridgehead atoms. The highest BCUT2D eigenvalue weighted by Gasteiger charge is 2.34. The van der Waals surface area contributed by atoms with Gasteiger partial charge in [-0.2, -0.15) is 0 Å². The van der Waals surface area contributed by atoms with Crippen molar-refractivity contribution in [2.45, 2.75) is 235 Å². The van der Waals surface area contributed by atoms with Crippen molar-refractivity contribution in [1.82, 2.24) is 90.0 Å². The van der Waals surface area contributed by atoms with E-state index in [9.17, 15) is 33.6 Å². The average Bonchev–Trinajstić information content (AvgIpc) is 1.52. The molecule has 4 aromatic heterocycles. The molecule has 6 amide bonds. The van der Waals surface area contributed by atoms with E-state index < -0.39 is 17.7 Å². The summed E-state index contributed by atoms with van der Waals surface area (Å²) in [5, 5.41) is 23.0. The van der Waals surface area contributed by atoms with Crippen molar-refractivity contribution >= 4 is 74.7 Å². The quantitative estimate of drug-likeness (QED) is 0.0258. The number of ether oxygens (including phenoxy) is 2. The second-order valence-electron chi connectivity index (χ2n) is 40.9. The molecule has 2 saturated heterocycles. The van der Waals surface area contributed by atoms with Crippen LogP contribution in [0, 0.1) is 0 Å². The van der Waals surface area contributed by atoms with E-state index in [1.807, 2.05) is 27.0 Å². The van der Waals surface area contributed by atoms with Crippen LogP contribution in [-0.4, -0.2) is 260 Å². The molecule has 12 rings (SSSR count). The van der Waals surface area contributed by atoms with E-state index in [0.29, 0.717) is 116 Å². The maximum Gasteiger partial charge on any atom is 0.243 e. The molecule has 2 fully saturated rings. The van der Waals surface area contributed by atoms with Gasteiger partial charge in [-0.1, -0.05) is 151 Å². The number of nitrogens with one attached hydrogen (secondary N) is 4. The van der Waals surface area contributed by atoms with Crippen molar-refractivity contribution in [3.63, 3.8) is 0 Å². The molecule has 0 saturated carbocycles. The Morgan fingerprint density at radius 1 is 0.415 bits per heavy atom. The van der Waals surface area contributed by atoms with Gasteiger partial charge in [-0.25, -0.2) is 9.97 Å². The van der Waals surface area contributed by atoms with Crippen LogP contribution < -0.4 is 29.9 Å². The first-order chi connectivity index (χ1) is 64.4. The second-order valence-corrected chi connectivity index (χ2v) is 40.9. The fourth-order valence-corrected chi connectivity index (χ4v) is 17.5. The Morgan fingerprint density at radius 2 is 0.815 bits per heavy atom. The number of piperazine rings is 2. The smallest absolute Gasteiger partial charge is 0.243 e. The number of ketones is 1. The molecule has 0 aliphatic carbocycles. The highest BCUT2D eigenvalue weighted by atomic mass is 16.5. The van der Waals surface area contributed by atoms with Gasteiger partial charge in [0.05, 0.1) is 79.9 Å². The normalized spacial score (nSPS) is 13.6. The van der Waals surface area contributed by atoms with Gasteiger partial charge < -0.3 is 69.3 Å². The highest BCUT2D eigenvalue weighted by molar-refractivity contribution is 5.92. The number of amides is 6. The third-order valence-corrected chi connectivity index (χ3v) is 25.5. The summed E-state index contributed by atoms with van der Waals surface area (Å²) in [6, 6.07) is 39.4. The Bertz CT molecular complexity index is 5580. The summed E-state index contributed by atoms with van der Waals surface area (Å²) >= 11 is 0. The number of likely N-dealkylation sites (N-methyl/N-ethyl adjacent to an activating group) is 3. The number of imidazole rings is 2. The Balaban J connectivity index is 0.549. The van der Waals surface area contributed by atoms with Crippen molar-refractivity contribution in [3.05, 3.63) is 155 Å². The molecule has 29 nitrogen and oxygen atoms in total. The topological polar surface area (TPSA) is 307 Å². The predicted molar refractivity (Wildman–Crippen MR) is 537 cm³/mol. The van der Waals surface area contributed by atoms with Crippen LogP contribution in [0.1, 0.15) is 221 Å². The molecule has 10 aromatic rings. The zero-order valence-corrected chi connectivity index (χ0v) is 83.6. The molecule has 0 spiro atoms. The monoisotopic (exact) mass is 1850 g/mol. The first kappa shape index (κ1) is 102. The number of unbranched alkanes of at least 4 members (excludes halogenated alkanes) is 1. The van der Waals surface area contributed by atoms with Gasteiger partial charge in [-0.05, 0) is 195 Å². The SMILES string of the molecule is CCCN(CC(=O)N(CCC)CC(=O)N(CCC)CC(=O)N(CC(=O)NC)Cc1cn(CCCNC(=O)CCCOc2c(C(C)(C)C)cc(-c3nc4cc(-c5ccc(N6CCN(C)CC6)cc5)ccc4[nH]3)cc2C(C)(C)C)nn1)C(=O)CCCc1cn(CCCCC(=O)CCCOc2c(C(C)(C)C)cc(-c3nc4cc(-c5ccc(N6CCN(C)CC6)cc5)ccc4[nH]3)cc2C(C)(C)C)nn1. The number of aryl methyl sites for hydroxylation is 3. The van der Waals surface area contributed by atoms with Crippen molar-refractivity contribution in [1.29, 1.82) is 0 Å². The van der Waals surface area contributed by atoms with Crippen molar-refractivity contribution in [2.24, 2.45) is 0 Å². The first-order valence-electron chi connectivity index (χ1n) is 49.0. The number of fused-ring (bicyclic) bond motifs is 2. The number of carbonyl (C=O) groups is 7. The molecule has 0 unspecified atom stereocenters. The molecular weight excluding hydrogens is 1700 g/mol. The minimum Gasteiger partial charge on any atom is -0.493 e. The number of anilines is 2. The minimum atomic E-state index is -0.496. The number of H-pyrrole nitrogens is 2. The Labute approximate surface area is 799 Å².